The zero-order valence-corrected chi connectivity index (χ0v) is 9.81. The molecule has 0 spiro atoms. The van der Waals surface area contributed by atoms with Gasteiger partial charge in [0.2, 0.25) is 0 Å². The quantitative estimate of drug-likeness (QED) is 0.726. The van der Waals surface area contributed by atoms with Gasteiger partial charge in [-0.25, -0.2) is 4.79 Å². The molecule has 2 N–H and O–H groups in total. The van der Waals surface area contributed by atoms with Crippen molar-refractivity contribution in [1.82, 2.24) is 10.6 Å². The fourth-order valence-electron chi connectivity index (χ4n) is 0.971. The van der Waals surface area contributed by atoms with E-state index in [0.29, 0.717) is 12.6 Å². The van der Waals surface area contributed by atoms with E-state index in [1.807, 2.05) is 27.8 Å². The highest BCUT2D eigenvalue weighted by molar-refractivity contribution is 5.67. The molecule has 0 aromatic heterocycles. The largest absolute Gasteiger partial charge is 0.444 e. The van der Waals surface area contributed by atoms with Gasteiger partial charge in [-0.05, 0) is 34.2 Å². The smallest absolute Gasteiger partial charge is 0.407 e. The van der Waals surface area contributed by atoms with E-state index < -0.39 is 5.60 Å². The first-order chi connectivity index (χ1) is 6.39. The first kappa shape index (κ1) is 13.2. The number of alkyl carbamates (subject to hydrolysis) is 1. The van der Waals surface area contributed by atoms with Crippen LogP contribution in [0.15, 0.2) is 0 Å². The van der Waals surface area contributed by atoms with E-state index in [-0.39, 0.29) is 6.09 Å². The predicted octanol–water partition coefficient (Wildman–Crippen LogP) is 1.51. The van der Waals surface area contributed by atoms with Gasteiger partial charge in [-0.1, -0.05) is 6.92 Å². The van der Waals surface area contributed by atoms with Crippen LogP contribution in [0.1, 0.15) is 34.1 Å². The minimum absolute atomic E-state index is 0.308. The van der Waals surface area contributed by atoms with Crippen LogP contribution in [0.2, 0.25) is 0 Å². The van der Waals surface area contributed by atoms with Gasteiger partial charge in [0, 0.05) is 12.6 Å². The van der Waals surface area contributed by atoms with Gasteiger partial charge in [0.1, 0.15) is 5.60 Å². The molecule has 1 atom stereocenters. The first-order valence-electron chi connectivity index (χ1n) is 5.03. The number of nitrogens with one attached hydrogen (secondary N) is 2. The summed E-state index contributed by atoms with van der Waals surface area (Å²) in [5.74, 6) is 0. The van der Waals surface area contributed by atoms with Crippen LogP contribution in [-0.4, -0.2) is 31.3 Å². The van der Waals surface area contributed by atoms with Gasteiger partial charge in [-0.15, -0.1) is 0 Å². The molecule has 1 amide bonds. The molecule has 4 nitrogen and oxygen atoms in total. The standard InChI is InChI=1S/C10H22N2O2/c1-6-8(11-5)7-12-9(13)14-10(2,3)4/h8,11H,6-7H2,1-5H3,(H,12,13)/t8-/m0/s1. The number of likely N-dealkylation sites (N-methyl/N-ethyl adjacent to an activating group) is 1. The number of hydrogen-bond donors (Lipinski definition) is 2. The van der Waals surface area contributed by atoms with Gasteiger partial charge < -0.3 is 15.4 Å². The third-order valence-electron chi connectivity index (χ3n) is 1.79. The summed E-state index contributed by atoms with van der Waals surface area (Å²) < 4.78 is 5.10. The monoisotopic (exact) mass is 202 g/mol. The van der Waals surface area contributed by atoms with Gasteiger partial charge >= 0.3 is 6.09 Å². The zero-order valence-electron chi connectivity index (χ0n) is 9.81. The maximum absolute atomic E-state index is 11.2. The Kier molecular flexibility index (Phi) is 5.53. The van der Waals surface area contributed by atoms with E-state index in [2.05, 4.69) is 17.6 Å². The Hall–Kier alpha value is -0.770. The van der Waals surface area contributed by atoms with E-state index >= 15 is 0 Å². The average Bonchev–Trinajstić information content (AvgIpc) is 2.03. The van der Waals surface area contributed by atoms with E-state index in [1.54, 1.807) is 0 Å². The number of carbonyl (C=O) groups is 1. The second kappa shape index (κ2) is 5.86. The summed E-state index contributed by atoms with van der Waals surface area (Å²) >= 11 is 0. The molecule has 0 radical (unpaired) electrons. The normalized spacial score (nSPS) is 13.5. The second-order valence-corrected chi connectivity index (χ2v) is 4.28. The van der Waals surface area contributed by atoms with E-state index in [0.717, 1.165) is 6.42 Å². The van der Waals surface area contributed by atoms with Gasteiger partial charge in [0.25, 0.3) is 0 Å². The Morgan fingerprint density at radius 3 is 2.36 bits per heavy atom. The molecule has 0 aliphatic carbocycles. The van der Waals surface area contributed by atoms with Crippen molar-refractivity contribution >= 4 is 6.09 Å². The maximum Gasteiger partial charge on any atom is 0.407 e. The lowest BCUT2D eigenvalue weighted by Crippen LogP contribution is -2.41. The number of amides is 1. The summed E-state index contributed by atoms with van der Waals surface area (Å²) in [6.07, 6.45) is 0.623. The molecule has 0 aliphatic rings. The number of hydrogen-bond acceptors (Lipinski definition) is 3. The maximum atomic E-state index is 11.2. The van der Waals surface area contributed by atoms with Crippen molar-refractivity contribution in [3.63, 3.8) is 0 Å². The molecule has 0 saturated heterocycles. The summed E-state index contributed by atoms with van der Waals surface area (Å²) in [5.41, 5.74) is -0.425. The van der Waals surface area contributed by atoms with Crippen LogP contribution in [0, 0.1) is 0 Å². The van der Waals surface area contributed by atoms with Crippen molar-refractivity contribution in [2.45, 2.75) is 45.8 Å². The Balaban J connectivity index is 3.74. The molecule has 0 heterocycles. The third kappa shape index (κ3) is 6.71. The topological polar surface area (TPSA) is 50.4 Å². The minimum Gasteiger partial charge on any atom is -0.444 e. The highest BCUT2D eigenvalue weighted by Crippen LogP contribution is 2.06. The van der Waals surface area contributed by atoms with Crippen molar-refractivity contribution in [1.29, 1.82) is 0 Å². The third-order valence-corrected chi connectivity index (χ3v) is 1.79. The lowest BCUT2D eigenvalue weighted by atomic mass is 10.2. The predicted molar refractivity (Wildman–Crippen MR) is 57.4 cm³/mol. The fraction of sp³-hybridized carbons (Fsp3) is 0.900. The lowest BCUT2D eigenvalue weighted by molar-refractivity contribution is 0.0522. The van der Waals surface area contributed by atoms with Gasteiger partial charge in [0.05, 0.1) is 0 Å². The molecular weight excluding hydrogens is 180 g/mol. The molecule has 0 saturated carbocycles. The van der Waals surface area contributed by atoms with E-state index in [9.17, 15) is 4.79 Å². The van der Waals surface area contributed by atoms with Gasteiger partial charge in [0.15, 0.2) is 0 Å². The molecule has 0 aromatic rings. The number of carbonyl (C=O) groups excluding carboxylic acids is 1. The van der Waals surface area contributed by atoms with E-state index in [1.165, 1.54) is 0 Å². The minimum atomic E-state index is -0.425. The Morgan fingerprint density at radius 1 is 1.43 bits per heavy atom. The molecule has 14 heavy (non-hydrogen) atoms. The number of ether oxygens (including phenoxy) is 1. The summed E-state index contributed by atoms with van der Waals surface area (Å²) in [6, 6.07) is 0.308. The number of rotatable bonds is 4. The van der Waals surface area contributed by atoms with Crippen molar-refractivity contribution in [3.8, 4) is 0 Å². The second-order valence-electron chi connectivity index (χ2n) is 4.28. The zero-order chi connectivity index (χ0) is 11.2. The van der Waals surface area contributed by atoms with Crippen LogP contribution in [0.25, 0.3) is 0 Å². The van der Waals surface area contributed by atoms with Crippen LogP contribution >= 0.6 is 0 Å². The van der Waals surface area contributed by atoms with Crippen molar-refractivity contribution < 1.29 is 9.53 Å². The van der Waals surface area contributed by atoms with Crippen LogP contribution < -0.4 is 10.6 Å². The highest BCUT2D eigenvalue weighted by Gasteiger charge is 2.16. The Bertz CT molecular complexity index is 171. The summed E-state index contributed by atoms with van der Waals surface area (Å²) in [7, 11) is 1.88. The molecular formula is C10H22N2O2. The summed E-state index contributed by atoms with van der Waals surface area (Å²) in [6.45, 7) is 8.21. The molecule has 0 bridgehead atoms. The van der Waals surface area contributed by atoms with E-state index in [4.69, 9.17) is 4.74 Å². The van der Waals surface area contributed by atoms with Crippen LogP contribution in [0.5, 0.6) is 0 Å². The first-order valence-corrected chi connectivity index (χ1v) is 5.03. The fourth-order valence-corrected chi connectivity index (χ4v) is 0.971. The van der Waals surface area contributed by atoms with Crippen molar-refractivity contribution in [3.05, 3.63) is 0 Å². The Morgan fingerprint density at radius 2 is 2.00 bits per heavy atom. The molecule has 0 rings (SSSR count). The van der Waals surface area contributed by atoms with Gasteiger partial charge in [-0.2, -0.15) is 0 Å². The molecule has 0 unspecified atom stereocenters. The molecule has 0 fully saturated rings. The molecule has 84 valence electrons. The summed E-state index contributed by atoms with van der Waals surface area (Å²) in [4.78, 5) is 11.2. The van der Waals surface area contributed by atoms with Gasteiger partial charge in [-0.3, -0.25) is 0 Å². The molecule has 0 aromatic carbocycles. The van der Waals surface area contributed by atoms with Crippen LogP contribution in [-0.2, 0) is 4.74 Å². The summed E-state index contributed by atoms with van der Waals surface area (Å²) in [5, 5.41) is 5.82. The molecule has 4 heteroatoms. The Labute approximate surface area is 86.4 Å². The van der Waals surface area contributed by atoms with Crippen molar-refractivity contribution in [2.75, 3.05) is 13.6 Å². The van der Waals surface area contributed by atoms with Crippen molar-refractivity contribution in [2.24, 2.45) is 0 Å². The van der Waals surface area contributed by atoms with Crippen LogP contribution in [0.3, 0.4) is 0 Å². The van der Waals surface area contributed by atoms with Crippen LogP contribution in [0.4, 0.5) is 4.79 Å². The average molecular weight is 202 g/mol. The SMILES string of the molecule is CC[C@@H](CNC(=O)OC(C)(C)C)NC. The lowest BCUT2D eigenvalue weighted by Gasteiger charge is -2.21. The molecule has 0 aliphatic heterocycles. The highest BCUT2D eigenvalue weighted by atomic mass is 16.6.